The summed E-state index contributed by atoms with van der Waals surface area (Å²) in [5.74, 6) is -1.07. The van der Waals surface area contributed by atoms with Crippen LogP contribution < -0.4 is 5.32 Å². The van der Waals surface area contributed by atoms with Crippen molar-refractivity contribution in [3.8, 4) is 0 Å². The normalized spacial score (nSPS) is 11.2. The van der Waals surface area contributed by atoms with Crippen LogP contribution in [0.4, 0.5) is 14.5 Å². The zero-order valence-electron chi connectivity index (χ0n) is 13.2. The van der Waals surface area contributed by atoms with Gasteiger partial charge in [-0.25, -0.2) is 13.8 Å². The van der Waals surface area contributed by atoms with E-state index in [1.165, 1.54) is 30.3 Å². The number of halogens is 2. The van der Waals surface area contributed by atoms with Gasteiger partial charge in [-0.15, -0.1) is 10.2 Å². The second kappa shape index (κ2) is 6.68. The number of rotatable bonds is 4. The van der Waals surface area contributed by atoms with E-state index in [2.05, 4.69) is 25.5 Å². The van der Waals surface area contributed by atoms with Crippen LogP contribution in [0.5, 0.6) is 0 Å². The van der Waals surface area contributed by atoms with Gasteiger partial charge < -0.3 is 10.3 Å². The van der Waals surface area contributed by atoms with E-state index in [-0.39, 0.29) is 17.5 Å². The molecule has 26 heavy (non-hydrogen) atoms. The average molecular weight is 371 g/mol. The van der Waals surface area contributed by atoms with E-state index in [0.29, 0.717) is 32.9 Å². The molecular weight excluding hydrogens is 360 g/mol. The molecule has 2 aromatic carbocycles. The summed E-state index contributed by atoms with van der Waals surface area (Å²) in [6.07, 6.45) is 0. The molecule has 0 unspecified atom stereocenters. The van der Waals surface area contributed by atoms with E-state index in [9.17, 15) is 13.6 Å². The summed E-state index contributed by atoms with van der Waals surface area (Å²) in [6.45, 7) is 0. The highest BCUT2D eigenvalue weighted by Gasteiger charge is 2.12. The smallest absolute Gasteiger partial charge is 0.234 e. The fourth-order valence-corrected chi connectivity index (χ4v) is 3.07. The van der Waals surface area contributed by atoms with Crippen LogP contribution in [-0.2, 0) is 4.79 Å². The lowest BCUT2D eigenvalue weighted by Gasteiger charge is -2.04. The first kappa shape index (κ1) is 16.4. The topological polar surface area (TPSA) is 83.6 Å². The number of benzene rings is 2. The number of carbonyl (C=O) groups is 1. The summed E-state index contributed by atoms with van der Waals surface area (Å²) in [5.41, 5.74) is 2.01. The van der Waals surface area contributed by atoms with Crippen molar-refractivity contribution in [2.24, 2.45) is 0 Å². The maximum absolute atomic E-state index is 13.4. The minimum absolute atomic E-state index is 0.0402. The Morgan fingerprint density at radius 1 is 1.12 bits per heavy atom. The molecule has 0 fully saturated rings. The van der Waals surface area contributed by atoms with Crippen molar-refractivity contribution in [2.75, 3.05) is 11.1 Å². The van der Waals surface area contributed by atoms with E-state index in [1.807, 2.05) is 0 Å². The number of aromatic nitrogens is 4. The summed E-state index contributed by atoms with van der Waals surface area (Å²) in [4.78, 5) is 19.3. The molecular formula is C17H11F2N5OS. The highest BCUT2D eigenvalue weighted by atomic mass is 32.2. The Morgan fingerprint density at radius 3 is 2.81 bits per heavy atom. The second-order valence-corrected chi connectivity index (χ2v) is 6.40. The fraction of sp³-hybridized carbons (Fsp3) is 0.0588. The molecule has 4 rings (SSSR count). The Labute approximate surface area is 150 Å². The van der Waals surface area contributed by atoms with Crippen molar-refractivity contribution in [2.45, 2.75) is 5.16 Å². The molecule has 0 radical (unpaired) electrons. The predicted molar refractivity (Wildman–Crippen MR) is 94.9 cm³/mol. The lowest BCUT2D eigenvalue weighted by atomic mass is 10.2. The zero-order chi connectivity index (χ0) is 18.1. The quantitative estimate of drug-likeness (QED) is 0.536. The summed E-state index contributed by atoms with van der Waals surface area (Å²) >= 11 is 1.10. The number of hydrogen-bond donors (Lipinski definition) is 2. The van der Waals surface area contributed by atoms with E-state index in [0.717, 1.165) is 11.8 Å². The monoisotopic (exact) mass is 371 g/mol. The second-order valence-electron chi connectivity index (χ2n) is 5.45. The summed E-state index contributed by atoms with van der Waals surface area (Å²) < 4.78 is 26.5. The Kier molecular flexibility index (Phi) is 4.21. The van der Waals surface area contributed by atoms with Gasteiger partial charge in [0.25, 0.3) is 0 Å². The first-order valence-corrected chi connectivity index (χ1v) is 8.57. The standard InChI is InChI=1S/C17H11F2N5OS/c18-9-2-1-3-11(6-9)20-14(25)8-26-17-22-16-15(23-24-17)12-7-10(19)4-5-13(12)21-16/h1-7H,8H2,(H,20,25)(H,21,22,24). The largest absolute Gasteiger partial charge is 0.338 e. The summed E-state index contributed by atoms with van der Waals surface area (Å²) in [7, 11) is 0. The van der Waals surface area contributed by atoms with E-state index in [1.54, 1.807) is 12.1 Å². The molecule has 2 heterocycles. The number of anilines is 1. The molecule has 4 aromatic rings. The third-order valence-electron chi connectivity index (χ3n) is 3.60. The van der Waals surface area contributed by atoms with Gasteiger partial charge in [-0.1, -0.05) is 17.8 Å². The van der Waals surface area contributed by atoms with Crippen molar-refractivity contribution in [3.63, 3.8) is 0 Å². The number of nitrogens with zero attached hydrogens (tertiary/aromatic N) is 3. The Hall–Kier alpha value is -3.07. The van der Waals surface area contributed by atoms with Crippen molar-refractivity contribution in [1.29, 1.82) is 0 Å². The Morgan fingerprint density at radius 2 is 1.96 bits per heavy atom. The van der Waals surface area contributed by atoms with Crippen molar-refractivity contribution in [3.05, 3.63) is 54.1 Å². The van der Waals surface area contributed by atoms with Crippen LogP contribution in [0.15, 0.2) is 47.6 Å². The van der Waals surface area contributed by atoms with E-state index < -0.39 is 5.82 Å². The molecule has 0 saturated carbocycles. The Bertz CT molecular complexity index is 1130. The van der Waals surface area contributed by atoms with Crippen LogP contribution in [0.25, 0.3) is 22.1 Å². The molecule has 0 aliphatic rings. The molecule has 9 heteroatoms. The number of H-pyrrole nitrogens is 1. The van der Waals surface area contributed by atoms with Crippen LogP contribution in [0, 0.1) is 11.6 Å². The molecule has 0 aliphatic heterocycles. The lowest BCUT2D eigenvalue weighted by Crippen LogP contribution is -2.14. The van der Waals surface area contributed by atoms with Gasteiger partial charge in [0.05, 0.1) is 5.75 Å². The fourth-order valence-electron chi connectivity index (χ4n) is 2.48. The van der Waals surface area contributed by atoms with Gasteiger partial charge in [0.1, 0.15) is 17.2 Å². The minimum Gasteiger partial charge on any atom is -0.338 e. The van der Waals surface area contributed by atoms with Crippen molar-refractivity contribution >= 4 is 45.4 Å². The number of thioether (sulfide) groups is 1. The highest BCUT2D eigenvalue weighted by molar-refractivity contribution is 7.99. The zero-order valence-corrected chi connectivity index (χ0v) is 14.0. The van der Waals surface area contributed by atoms with Gasteiger partial charge in [0.15, 0.2) is 5.65 Å². The van der Waals surface area contributed by atoms with Crippen molar-refractivity contribution in [1.82, 2.24) is 20.2 Å². The number of carbonyl (C=O) groups excluding carboxylic acids is 1. The van der Waals surface area contributed by atoms with Gasteiger partial charge in [-0.05, 0) is 36.4 Å². The molecule has 0 atom stereocenters. The maximum atomic E-state index is 13.4. The van der Waals surface area contributed by atoms with E-state index in [4.69, 9.17) is 0 Å². The molecule has 0 saturated heterocycles. The van der Waals surface area contributed by atoms with Gasteiger partial charge >= 0.3 is 0 Å². The summed E-state index contributed by atoms with van der Waals surface area (Å²) in [5, 5.41) is 11.5. The minimum atomic E-state index is -0.427. The number of amides is 1. The van der Waals surface area contributed by atoms with Gasteiger partial charge in [0.2, 0.25) is 11.1 Å². The molecule has 1 amide bonds. The molecule has 2 aromatic heterocycles. The Balaban J connectivity index is 1.48. The van der Waals surface area contributed by atoms with Crippen molar-refractivity contribution < 1.29 is 13.6 Å². The maximum Gasteiger partial charge on any atom is 0.234 e. The van der Waals surface area contributed by atoms with Crippen LogP contribution in [0.3, 0.4) is 0 Å². The number of hydrogen-bond acceptors (Lipinski definition) is 5. The SMILES string of the molecule is O=C(CSc1nnc2c(n1)[nH]c1ccc(F)cc12)Nc1cccc(F)c1. The molecule has 0 bridgehead atoms. The van der Waals surface area contributed by atoms with E-state index >= 15 is 0 Å². The number of fused-ring (bicyclic) bond motifs is 3. The lowest BCUT2D eigenvalue weighted by molar-refractivity contribution is -0.113. The number of aromatic amines is 1. The molecule has 130 valence electrons. The molecule has 0 aliphatic carbocycles. The number of nitrogens with one attached hydrogen (secondary N) is 2. The molecule has 6 nitrogen and oxygen atoms in total. The third kappa shape index (κ3) is 3.33. The summed E-state index contributed by atoms with van der Waals surface area (Å²) in [6, 6.07) is 9.95. The highest BCUT2D eigenvalue weighted by Crippen LogP contribution is 2.24. The molecule has 2 N–H and O–H groups in total. The predicted octanol–water partition coefficient (Wildman–Crippen LogP) is 3.52. The van der Waals surface area contributed by atoms with Crippen LogP contribution in [0.2, 0.25) is 0 Å². The van der Waals surface area contributed by atoms with Gasteiger partial charge in [-0.3, -0.25) is 4.79 Å². The van der Waals surface area contributed by atoms with Gasteiger partial charge in [-0.2, -0.15) is 0 Å². The van der Waals surface area contributed by atoms with Crippen LogP contribution >= 0.6 is 11.8 Å². The van der Waals surface area contributed by atoms with Gasteiger partial charge in [0, 0.05) is 16.6 Å². The first-order valence-electron chi connectivity index (χ1n) is 7.58. The first-order chi connectivity index (χ1) is 12.6. The molecule has 0 spiro atoms. The average Bonchev–Trinajstić information content (AvgIpc) is 2.97. The van der Waals surface area contributed by atoms with Crippen LogP contribution in [-0.4, -0.2) is 31.8 Å². The van der Waals surface area contributed by atoms with Crippen LogP contribution in [0.1, 0.15) is 0 Å². The third-order valence-corrected chi connectivity index (χ3v) is 4.44.